The molecule has 0 heterocycles. The predicted molar refractivity (Wildman–Crippen MR) is 144 cm³/mol. The van der Waals surface area contributed by atoms with Gasteiger partial charge >= 0.3 is 5.92 Å². The molecule has 5 atom stereocenters. The summed E-state index contributed by atoms with van der Waals surface area (Å²) in [5.41, 5.74) is 4.76. The summed E-state index contributed by atoms with van der Waals surface area (Å²) in [6, 6.07) is 8.92. The molecule has 3 saturated carbocycles. The fraction of sp³-hybridized carbons (Fsp3) is 0.594. The number of terminal acetylenes is 1. The van der Waals surface area contributed by atoms with Crippen molar-refractivity contribution in [2.75, 3.05) is 14.1 Å². The number of hydrogen-bond donors (Lipinski definition) is 1. The maximum Gasteiger partial charge on any atom is 0.336 e. The molecular weight excluding hydrogens is 466 g/mol. The molecule has 0 radical (unpaired) electrons. The Hall–Kier alpha value is -2.45. The Kier molecular flexibility index (Phi) is 5.73. The molecule has 3 fully saturated rings. The molecule has 0 aromatic heterocycles. The summed E-state index contributed by atoms with van der Waals surface area (Å²) in [5.74, 6) is -1.01. The van der Waals surface area contributed by atoms with Crippen LogP contribution in [-0.2, 0) is 0 Å². The molecule has 0 spiro atoms. The van der Waals surface area contributed by atoms with E-state index in [9.17, 15) is 5.11 Å². The molecule has 1 aromatic carbocycles. The highest BCUT2D eigenvalue weighted by molar-refractivity contribution is 5.97. The number of rotatable bonds is 4. The summed E-state index contributed by atoms with van der Waals surface area (Å²) in [7, 11) is 3.90. The lowest BCUT2D eigenvalue weighted by atomic mass is 9.50. The molecule has 0 saturated heterocycles. The quantitative estimate of drug-likeness (QED) is 0.361. The Balaban J connectivity index is 1.48. The largest absolute Gasteiger partial charge is 0.382 e. The highest BCUT2D eigenvalue weighted by Crippen LogP contribution is 2.69. The van der Waals surface area contributed by atoms with Crippen LogP contribution in [0.3, 0.4) is 0 Å². The fourth-order valence-corrected chi connectivity index (χ4v) is 8.36. The van der Waals surface area contributed by atoms with E-state index in [-0.39, 0.29) is 24.2 Å². The van der Waals surface area contributed by atoms with Crippen LogP contribution in [-0.4, -0.2) is 41.4 Å². The molecule has 196 valence electrons. The highest BCUT2D eigenvalue weighted by atomic mass is 19.3. The molecule has 0 amide bonds. The van der Waals surface area contributed by atoms with Gasteiger partial charge in [0.05, 0.1) is 5.71 Å². The zero-order valence-corrected chi connectivity index (χ0v) is 22.2. The maximum absolute atomic E-state index is 15.3. The summed E-state index contributed by atoms with van der Waals surface area (Å²) in [6.45, 7) is 1.90. The average molecular weight is 505 g/mol. The third-order valence-corrected chi connectivity index (χ3v) is 10.3. The number of nitrogens with zero attached hydrogens (tertiary/aromatic N) is 2. The summed E-state index contributed by atoms with van der Waals surface area (Å²) >= 11 is 0. The zero-order chi connectivity index (χ0) is 26.2. The van der Waals surface area contributed by atoms with Gasteiger partial charge in [0.1, 0.15) is 5.60 Å². The predicted octanol–water partition coefficient (Wildman–Crippen LogP) is 6.81. The van der Waals surface area contributed by atoms with E-state index in [0.29, 0.717) is 18.8 Å². The van der Waals surface area contributed by atoms with Gasteiger partial charge < -0.3 is 10.1 Å². The normalized spacial score (nSPS) is 36.4. The van der Waals surface area contributed by atoms with Gasteiger partial charge in [0.15, 0.2) is 0 Å². The van der Waals surface area contributed by atoms with Crippen molar-refractivity contribution in [2.24, 2.45) is 22.4 Å². The monoisotopic (exact) mass is 504 g/mol. The summed E-state index contributed by atoms with van der Waals surface area (Å²) in [5, 5.41) is 18.2. The Morgan fingerprint density at radius 2 is 1.76 bits per heavy atom. The van der Waals surface area contributed by atoms with E-state index in [2.05, 4.69) is 35.4 Å². The van der Waals surface area contributed by atoms with Crippen LogP contribution in [0.2, 0.25) is 0 Å². The van der Waals surface area contributed by atoms with Crippen LogP contribution in [0, 0.1) is 29.6 Å². The smallest absolute Gasteiger partial charge is 0.336 e. The molecule has 1 N–H and O–H groups in total. The van der Waals surface area contributed by atoms with Crippen molar-refractivity contribution < 1.29 is 13.9 Å². The van der Waals surface area contributed by atoms with Gasteiger partial charge in [-0.1, -0.05) is 36.8 Å². The van der Waals surface area contributed by atoms with E-state index < -0.39 is 16.9 Å². The van der Waals surface area contributed by atoms with E-state index in [1.807, 2.05) is 26.0 Å². The van der Waals surface area contributed by atoms with Crippen molar-refractivity contribution in [1.29, 1.82) is 0 Å². The molecule has 0 aliphatic heterocycles. The van der Waals surface area contributed by atoms with Crippen LogP contribution in [0.15, 0.2) is 52.2 Å². The van der Waals surface area contributed by atoms with E-state index in [0.717, 1.165) is 31.4 Å². The third-order valence-electron chi connectivity index (χ3n) is 10.3. The second-order valence-corrected chi connectivity index (χ2v) is 12.5. The second kappa shape index (κ2) is 8.53. The number of benzene rings is 1. The number of hydrogen-bond acceptors (Lipinski definition) is 3. The zero-order valence-electron chi connectivity index (χ0n) is 22.2. The van der Waals surface area contributed by atoms with Crippen LogP contribution >= 0.6 is 0 Å². The van der Waals surface area contributed by atoms with Crippen LogP contribution in [0.4, 0.5) is 8.78 Å². The molecule has 37 heavy (non-hydrogen) atoms. The summed E-state index contributed by atoms with van der Waals surface area (Å²) in [6.07, 6.45) is 14.9. The van der Waals surface area contributed by atoms with E-state index in [1.54, 1.807) is 5.92 Å². The van der Waals surface area contributed by atoms with Crippen molar-refractivity contribution in [3.05, 3.63) is 58.2 Å². The molecule has 5 heteroatoms. The first-order chi connectivity index (χ1) is 17.6. The number of aliphatic hydroxyl groups is 1. The SMILES string of the molecule is C#CC(F)(F)[C@]1(O)CC[C@H]2[C@@H]3CCC4=CC(=NN(C)C)CCC4=C3C(c3ccc(C4CC4)cc3)C[C@@]21C. The number of allylic oxidation sites excluding steroid dienone is 4. The molecule has 1 aromatic rings. The Labute approximate surface area is 219 Å². The minimum Gasteiger partial charge on any atom is -0.382 e. The third kappa shape index (κ3) is 3.74. The van der Waals surface area contributed by atoms with E-state index >= 15 is 8.78 Å². The van der Waals surface area contributed by atoms with Gasteiger partial charge in [0.2, 0.25) is 0 Å². The van der Waals surface area contributed by atoms with Crippen molar-refractivity contribution in [3.8, 4) is 12.3 Å². The average Bonchev–Trinajstić information content (AvgIpc) is 3.68. The van der Waals surface area contributed by atoms with Gasteiger partial charge in [-0.2, -0.15) is 13.9 Å². The van der Waals surface area contributed by atoms with Crippen LogP contribution in [0.1, 0.15) is 87.7 Å². The van der Waals surface area contributed by atoms with Gasteiger partial charge in [-0.05, 0) is 110 Å². The highest BCUT2D eigenvalue weighted by Gasteiger charge is 2.71. The standard InChI is InChI=1S/C32H38F2N2O/c1-5-32(33,34)31(37)17-16-28-26-14-12-23-18-24(35-36(3)4)13-15-25(23)29(26)27(19-30(28,31)2)22-10-8-21(9-11-22)20-6-7-20/h1,8-11,18,20,26-28,37H,6-7,12-17,19H2,2-4H3/t26-,27?,28-,30-,31-/m0/s1. The topological polar surface area (TPSA) is 35.8 Å². The first-order valence-corrected chi connectivity index (χ1v) is 13.9. The minimum atomic E-state index is -3.55. The first-order valence-electron chi connectivity index (χ1n) is 13.9. The van der Waals surface area contributed by atoms with Crippen molar-refractivity contribution in [3.63, 3.8) is 0 Å². The van der Waals surface area contributed by atoms with Crippen LogP contribution in [0.25, 0.3) is 0 Å². The molecule has 5 aliphatic rings. The van der Waals surface area contributed by atoms with Gasteiger partial charge in [0.25, 0.3) is 0 Å². The Morgan fingerprint density at radius 3 is 2.41 bits per heavy atom. The lowest BCUT2D eigenvalue weighted by Crippen LogP contribution is -2.60. The number of fused-ring (bicyclic) bond motifs is 4. The van der Waals surface area contributed by atoms with Crippen molar-refractivity contribution in [1.82, 2.24) is 5.01 Å². The van der Waals surface area contributed by atoms with Crippen LogP contribution < -0.4 is 0 Å². The number of hydrazone groups is 1. The molecule has 0 bridgehead atoms. The molecule has 5 aliphatic carbocycles. The lowest BCUT2D eigenvalue weighted by Gasteiger charge is -2.55. The molecule has 1 unspecified atom stereocenters. The van der Waals surface area contributed by atoms with E-state index in [4.69, 9.17) is 6.42 Å². The molecular formula is C32H38F2N2O. The minimum absolute atomic E-state index is 0.000369. The molecule has 3 nitrogen and oxygen atoms in total. The van der Waals surface area contributed by atoms with Gasteiger partial charge in [0, 0.05) is 25.4 Å². The molecule has 6 rings (SSSR count). The van der Waals surface area contributed by atoms with Gasteiger partial charge in [-0.3, -0.25) is 0 Å². The van der Waals surface area contributed by atoms with Crippen molar-refractivity contribution in [2.45, 2.75) is 88.1 Å². The summed E-state index contributed by atoms with van der Waals surface area (Å²) < 4.78 is 30.5. The first kappa shape index (κ1) is 24.9. The van der Waals surface area contributed by atoms with Crippen LogP contribution in [0.5, 0.6) is 0 Å². The summed E-state index contributed by atoms with van der Waals surface area (Å²) in [4.78, 5) is 0. The number of alkyl halides is 2. The Morgan fingerprint density at radius 1 is 1.05 bits per heavy atom. The maximum atomic E-state index is 15.3. The van der Waals surface area contributed by atoms with Gasteiger partial charge in [-0.15, -0.1) is 6.42 Å². The second-order valence-electron chi connectivity index (χ2n) is 12.5. The number of halogens is 2. The van der Waals surface area contributed by atoms with Crippen molar-refractivity contribution >= 4 is 5.71 Å². The lowest BCUT2D eigenvalue weighted by molar-refractivity contribution is -0.209. The van der Waals surface area contributed by atoms with Gasteiger partial charge in [-0.25, -0.2) is 0 Å². The van der Waals surface area contributed by atoms with E-state index in [1.165, 1.54) is 40.7 Å². The Bertz CT molecular complexity index is 1230. The fourth-order valence-electron chi connectivity index (χ4n) is 8.36.